The summed E-state index contributed by atoms with van der Waals surface area (Å²) < 4.78 is 15.4. The summed E-state index contributed by atoms with van der Waals surface area (Å²) >= 11 is 0. The molecule has 0 saturated carbocycles. The van der Waals surface area contributed by atoms with Crippen LogP contribution in [0, 0.1) is 10.1 Å². The smallest absolute Gasteiger partial charge is 0.313 e. The molecular formula is C11H12N4O5. The number of hydrogen-bond acceptors (Lipinski definition) is 8. The summed E-state index contributed by atoms with van der Waals surface area (Å²) in [6.45, 7) is 2.01. The van der Waals surface area contributed by atoms with Crippen LogP contribution in [-0.2, 0) is 0 Å². The van der Waals surface area contributed by atoms with Gasteiger partial charge in [-0.25, -0.2) is 0 Å². The molecule has 9 nitrogen and oxygen atoms in total. The number of aromatic nitrogens is 2. The second-order valence-corrected chi connectivity index (χ2v) is 3.66. The number of hydrogen-bond donors (Lipinski definition) is 1. The predicted octanol–water partition coefficient (Wildman–Crippen LogP) is 1.63. The minimum absolute atomic E-state index is 0.0329. The summed E-state index contributed by atoms with van der Waals surface area (Å²) in [5, 5.41) is 18.3. The molecule has 0 spiro atoms. The van der Waals surface area contributed by atoms with Gasteiger partial charge in [0.25, 0.3) is 5.89 Å². The maximum Gasteiger partial charge on any atom is 0.313 e. The average Bonchev–Trinajstić information content (AvgIpc) is 2.84. The zero-order valence-electron chi connectivity index (χ0n) is 10.8. The molecule has 0 atom stereocenters. The fourth-order valence-corrected chi connectivity index (χ4v) is 1.64. The highest BCUT2D eigenvalue weighted by molar-refractivity contribution is 5.70. The van der Waals surface area contributed by atoms with Crippen molar-refractivity contribution >= 4 is 11.7 Å². The molecule has 1 aromatic heterocycles. The molecule has 0 amide bonds. The number of nitrogens with two attached hydrogens (primary N) is 1. The van der Waals surface area contributed by atoms with Crippen molar-refractivity contribution in [1.29, 1.82) is 0 Å². The van der Waals surface area contributed by atoms with Gasteiger partial charge in [0.05, 0.1) is 24.2 Å². The first kappa shape index (κ1) is 13.6. The first-order valence-electron chi connectivity index (χ1n) is 5.65. The Kier molecular flexibility index (Phi) is 3.69. The van der Waals surface area contributed by atoms with Crippen molar-refractivity contribution in [2.45, 2.75) is 6.92 Å². The molecule has 0 aliphatic carbocycles. The van der Waals surface area contributed by atoms with Gasteiger partial charge in [0.15, 0.2) is 0 Å². The van der Waals surface area contributed by atoms with E-state index in [2.05, 4.69) is 10.2 Å². The monoisotopic (exact) mass is 280 g/mol. The van der Waals surface area contributed by atoms with Gasteiger partial charge in [-0.2, -0.15) is 0 Å². The van der Waals surface area contributed by atoms with Gasteiger partial charge in [-0.3, -0.25) is 10.1 Å². The van der Waals surface area contributed by atoms with Crippen LogP contribution >= 0.6 is 0 Å². The molecule has 1 aromatic carbocycles. The first-order chi connectivity index (χ1) is 9.56. The summed E-state index contributed by atoms with van der Waals surface area (Å²) in [7, 11) is 1.42. The van der Waals surface area contributed by atoms with E-state index in [0.717, 1.165) is 0 Å². The van der Waals surface area contributed by atoms with Crippen LogP contribution in [0.3, 0.4) is 0 Å². The molecule has 1 heterocycles. The van der Waals surface area contributed by atoms with E-state index in [4.69, 9.17) is 19.6 Å². The first-order valence-corrected chi connectivity index (χ1v) is 5.65. The molecule has 106 valence electrons. The Morgan fingerprint density at radius 1 is 1.40 bits per heavy atom. The Morgan fingerprint density at radius 3 is 2.65 bits per heavy atom. The maximum atomic E-state index is 11.1. The molecule has 2 N–H and O–H groups in total. The fourth-order valence-electron chi connectivity index (χ4n) is 1.64. The van der Waals surface area contributed by atoms with Gasteiger partial charge >= 0.3 is 11.7 Å². The van der Waals surface area contributed by atoms with Crippen LogP contribution in [0.2, 0.25) is 0 Å². The second kappa shape index (κ2) is 5.43. The van der Waals surface area contributed by atoms with Gasteiger partial charge in [-0.05, 0) is 6.92 Å². The van der Waals surface area contributed by atoms with Crippen molar-refractivity contribution < 1.29 is 18.8 Å². The third-order valence-corrected chi connectivity index (χ3v) is 2.45. The average molecular weight is 280 g/mol. The number of benzene rings is 1. The summed E-state index contributed by atoms with van der Waals surface area (Å²) in [5.41, 5.74) is 5.39. The van der Waals surface area contributed by atoms with E-state index in [1.54, 1.807) is 6.92 Å². The SMILES string of the molecule is CCOc1cc(OC)c(-c2nnc(N)o2)cc1[N+](=O)[O-]. The zero-order valence-corrected chi connectivity index (χ0v) is 10.8. The molecule has 0 saturated heterocycles. The summed E-state index contributed by atoms with van der Waals surface area (Å²) in [4.78, 5) is 10.5. The van der Waals surface area contributed by atoms with E-state index >= 15 is 0 Å². The molecule has 2 rings (SSSR count). The highest BCUT2D eigenvalue weighted by Crippen LogP contribution is 2.39. The molecule has 20 heavy (non-hydrogen) atoms. The Balaban J connectivity index is 2.61. The number of nitrogens with zero attached hydrogens (tertiary/aromatic N) is 3. The van der Waals surface area contributed by atoms with Crippen molar-refractivity contribution in [3.63, 3.8) is 0 Å². The van der Waals surface area contributed by atoms with Crippen LogP contribution in [0.1, 0.15) is 6.92 Å². The third kappa shape index (κ3) is 2.46. The molecule has 9 heteroatoms. The van der Waals surface area contributed by atoms with E-state index in [9.17, 15) is 10.1 Å². The van der Waals surface area contributed by atoms with Gasteiger partial charge in [0.2, 0.25) is 5.75 Å². The van der Waals surface area contributed by atoms with Gasteiger partial charge in [-0.15, -0.1) is 5.10 Å². The molecule has 0 fully saturated rings. The van der Waals surface area contributed by atoms with Gasteiger partial charge in [-0.1, -0.05) is 5.10 Å². The van der Waals surface area contributed by atoms with E-state index in [0.29, 0.717) is 5.75 Å². The lowest BCUT2D eigenvalue weighted by atomic mass is 10.1. The zero-order chi connectivity index (χ0) is 14.7. The maximum absolute atomic E-state index is 11.1. The number of nitro groups is 1. The van der Waals surface area contributed by atoms with E-state index in [-0.39, 0.29) is 35.5 Å². The number of methoxy groups -OCH3 is 1. The molecule has 0 radical (unpaired) electrons. The number of nitro benzene ring substituents is 1. The largest absolute Gasteiger partial charge is 0.496 e. The quantitative estimate of drug-likeness (QED) is 0.646. The van der Waals surface area contributed by atoms with E-state index in [1.165, 1.54) is 19.2 Å². The molecule has 0 aliphatic rings. The van der Waals surface area contributed by atoms with Crippen molar-refractivity contribution in [1.82, 2.24) is 10.2 Å². The van der Waals surface area contributed by atoms with Crippen LogP contribution in [-0.4, -0.2) is 28.8 Å². The minimum atomic E-state index is -0.562. The van der Waals surface area contributed by atoms with E-state index < -0.39 is 4.92 Å². The predicted molar refractivity (Wildman–Crippen MR) is 68.5 cm³/mol. The van der Waals surface area contributed by atoms with Crippen LogP contribution in [0.4, 0.5) is 11.7 Å². The van der Waals surface area contributed by atoms with Crippen molar-refractivity contribution in [3.8, 4) is 23.0 Å². The summed E-state index contributed by atoms with van der Waals surface area (Å²) in [6.07, 6.45) is 0. The van der Waals surface area contributed by atoms with Gasteiger partial charge in [0, 0.05) is 12.1 Å². The Labute approximate surface area is 113 Å². The lowest BCUT2D eigenvalue weighted by Crippen LogP contribution is -1.99. The number of ether oxygens (including phenoxy) is 2. The number of anilines is 1. The Hall–Kier alpha value is -2.84. The van der Waals surface area contributed by atoms with Crippen LogP contribution in [0.25, 0.3) is 11.5 Å². The molecule has 0 bridgehead atoms. The minimum Gasteiger partial charge on any atom is -0.496 e. The lowest BCUT2D eigenvalue weighted by Gasteiger charge is -2.09. The van der Waals surface area contributed by atoms with Crippen LogP contribution in [0.5, 0.6) is 11.5 Å². The number of nitrogen functional groups attached to an aromatic ring is 1. The molecular weight excluding hydrogens is 268 g/mol. The fraction of sp³-hybridized carbons (Fsp3) is 0.273. The van der Waals surface area contributed by atoms with Crippen molar-refractivity contribution in [3.05, 3.63) is 22.2 Å². The van der Waals surface area contributed by atoms with Crippen LogP contribution in [0.15, 0.2) is 16.5 Å². The standard InChI is InChI=1S/C11H12N4O5/c1-3-19-9-5-8(18-2)6(4-7(9)15(16)17)10-13-14-11(12)20-10/h4-5H,3H2,1-2H3,(H2,12,14). The van der Waals surface area contributed by atoms with Crippen LogP contribution < -0.4 is 15.2 Å². The molecule has 2 aromatic rings. The Bertz CT molecular complexity index is 640. The molecule has 0 aliphatic heterocycles. The summed E-state index contributed by atoms with van der Waals surface area (Å²) in [6, 6.07) is 2.51. The highest BCUT2D eigenvalue weighted by Gasteiger charge is 2.23. The topological polar surface area (TPSA) is 127 Å². The van der Waals surface area contributed by atoms with Gasteiger partial charge < -0.3 is 19.6 Å². The second-order valence-electron chi connectivity index (χ2n) is 3.66. The highest BCUT2D eigenvalue weighted by atomic mass is 16.6. The number of rotatable bonds is 5. The Morgan fingerprint density at radius 2 is 2.15 bits per heavy atom. The normalized spacial score (nSPS) is 10.3. The van der Waals surface area contributed by atoms with Crippen molar-refractivity contribution in [2.75, 3.05) is 19.5 Å². The molecule has 0 unspecified atom stereocenters. The van der Waals surface area contributed by atoms with Gasteiger partial charge in [0.1, 0.15) is 5.75 Å². The van der Waals surface area contributed by atoms with E-state index in [1.807, 2.05) is 0 Å². The van der Waals surface area contributed by atoms with Crippen molar-refractivity contribution in [2.24, 2.45) is 0 Å². The summed E-state index contributed by atoms with van der Waals surface area (Å²) in [5.74, 6) is 0.443. The lowest BCUT2D eigenvalue weighted by molar-refractivity contribution is -0.385. The third-order valence-electron chi connectivity index (χ3n) is 2.45.